The summed E-state index contributed by atoms with van der Waals surface area (Å²) in [5.41, 5.74) is 9.59. The summed E-state index contributed by atoms with van der Waals surface area (Å²) in [5, 5.41) is 8.02. The first-order chi connectivity index (χ1) is 8.60. The maximum atomic E-state index is 5.85. The van der Waals surface area contributed by atoms with Gasteiger partial charge < -0.3 is 10.2 Å². The Morgan fingerprint density at radius 1 is 1.22 bits per heavy atom. The van der Waals surface area contributed by atoms with E-state index in [1.165, 1.54) is 16.7 Å². The summed E-state index contributed by atoms with van der Waals surface area (Å²) in [5.74, 6) is 1.15. The van der Waals surface area contributed by atoms with Gasteiger partial charge in [0, 0.05) is 0 Å². The highest BCUT2D eigenvalue weighted by Gasteiger charge is 2.12. The zero-order chi connectivity index (χ0) is 13.1. The van der Waals surface area contributed by atoms with Crippen LogP contribution in [-0.4, -0.2) is 10.2 Å². The van der Waals surface area contributed by atoms with Gasteiger partial charge >= 0.3 is 0 Å². The van der Waals surface area contributed by atoms with E-state index in [9.17, 15) is 0 Å². The van der Waals surface area contributed by atoms with Crippen LogP contribution in [0.5, 0.6) is 0 Å². The van der Waals surface area contributed by atoms with Crippen LogP contribution in [0.4, 0.5) is 0 Å². The van der Waals surface area contributed by atoms with Crippen molar-refractivity contribution in [2.45, 2.75) is 39.7 Å². The highest BCUT2D eigenvalue weighted by Crippen LogP contribution is 2.16. The van der Waals surface area contributed by atoms with Crippen LogP contribution in [0.1, 0.15) is 47.9 Å². The van der Waals surface area contributed by atoms with Crippen LogP contribution in [0.25, 0.3) is 0 Å². The van der Waals surface area contributed by atoms with Gasteiger partial charge in [0.15, 0.2) is 0 Å². The van der Waals surface area contributed by atoms with E-state index < -0.39 is 0 Å². The zero-order valence-corrected chi connectivity index (χ0v) is 11.1. The van der Waals surface area contributed by atoms with E-state index >= 15 is 0 Å². The summed E-state index contributed by atoms with van der Waals surface area (Å²) in [6.45, 7) is 6.20. The Bertz CT molecular complexity index is 534. The highest BCUT2D eigenvalue weighted by atomic mass is 16.4. The first kappa shape index (κ1) is 12.8. The van der Waals surface area contributed by atoms with Gasteiger partial charge in [0.25, 0.3) is 0 Å². The third-order valence-corrected chi connectivity index (χ3v) is 3.17. The summed E-state index contributed by atoms with van der Waals surface area (Å²) < 4.78 is 5.56. The molecule has 0 fully saturated rings. The third-order valence-electron chi connectivity index (χ3n) is 3.17. The number of hydrogen-bond donors (Lipinski definition) is 1. The van der Waals surface area contributed by atoms with Crippen LogP contribution in [0.2, 0.25) is 0 Å². The molecule has 1 heterocycles. The minimum Gasteiger partial charge on any atom is -0.423 e. The second-order valence-corrected chi connectivity index (χ2v) is 4.64. The number of nitrogens with two attached hydrogens (primary N) is 1. The summed E-state index contributed by atoms with van der Waals surface area (Å²) >= 11 is 0. The number of benzene rings is 1. The molecule has 0 spiro atoms. The van der Waals surface area contributed by atoms with Gasteiger partial charge in [-0.3, -0.25) is 0 Å². The van der Waals surface area contributed by atoms with E-state index in [1.54, 1.807) is 0 Å². The Labute approximate surface area is 107 Å². The second-order valence-electron chi connectivity index (χ2n) is 4.64. The Kier molecular flexibility index (Phi) is 3.77. The molecule has 1 aromatic carbocycles. The van der Waals surface area contributed by atoms with Crippen molar-refractivity contribution < 1.29 is 4.42 Å². The van der Waals surface area contributed by atoms with Crippen LogP contribution in [-0.2, 0) is 6.42 Å². The predicted octanol–water partition coefficient (Wildman–Crippen LogP) is 2.69. The average Bonchev–Trinajstić information content (AvgIpc) is 2.81. The first-order valence-electron chi connectivity index (χ1n) is 6.24. The van der Waals surface area contributed by atoms with Crippen molar-refractivity contribution in [3.8, 4) is 0 Å². The van der Waals surface area contributed by atoms with Crippen LogP contribution < -0.4 is 5.73 Å². The van der Waals surface area contributed by atoms with Gasteiger partial charge in [-0.2, -0.15) is 0 Å². The van der Waals surface area contributed by atoms with Crippen molar-refractivity contribution in [3.63, 3.8) is 0 Å². The predicted molar refractivity (Wildman–Crippen MR) is 70.2 cm³/mol. The van der Waals surface area contributed by atoms with Gasteiger partial charge in [-0.15, -0.1) is 10.2 Å². The van der Waals surface area contributed by atoms with Gasteiger partial charge in [0.2, 0.25) is 11.8 Å². The lowest BCUT2D eigenvalue weighted by Gasteiger charge is -2.03. The molecular formula is C14H19N3O. The average molecular weight is 245 g/mol. The normalized spacial score (nSPS) is 12.7. The van der Waals surface area contributed by atoms with Gasteiger partial charge in [-0.25, -0.2) is 0 Å². The van der Waals surface area contributed by atoms with Crippen molar-refractivity contribution in [1.82, 2.24) is 10.2 Å². The number of hydrogen-bond acceptors (Lipinski definition) is 4. The molecule has 2 aromatic rings. The molecule has 0 aliphatic carbocycles. The van der Waals surface area contributed by atoms with Crippen molar-refractivity contribution >= 4 is 0 Å². The minimum atomic E-state index is -0.161. The molecule has 0 bridgehead atoms. The molecule has 1 atom stereocenters. The minimum absolute atomic E-state index is 0.161. The van der Waals surface area contributed by atoms with Gasteiger partial charge in [-0.05, 0) is 37.0 Å². The molecule has 0 radical (unpaired) electrons. The van der Waals surface area contributed by atoms with Crippen molar-refractivity contribution in [3.05, 3.63) is 46.7 Å². The molecule has 0 aliphatic rings. The van der Waals surface area contributed by atoms with Gasteiger partial charge in [0.1, 0.15) is 0 Å². The molecule has 2 rings (SSSR count). The highest BCUT2D eigenvalue weighted by molar-refractivity contribution is 5.31. The third kappa shape index (κ3) is 2.76. The largest absolute Gasteiger partial charge is 0.423 e. The molecule has 96 valence electrons. The monoisotopic (exact) mass is 245 g/mol. The Hall–Kier alpha value is -1.68. The van der Waals surface area contributed by atoms with Crippen LogP contribution in [0.3, 0.4) is 0 Å². The quantitative estimate of drug-likeness (QED) is 0.899. The Balaban J connectivity index is 2.13. The number of rotatable bonds is 4. The molecule has 2 N–H and O–H groups in total. The molecule has 0 amide bonds. The molecule has 0 saturated carbocycles. The summed E-state index contributed by atoms with van der Waals surface area (Å²) in [6.07, 6.45) is 1.45. The van der Waals surface area contributed by atoms with E-state index in [2.05, 4.69) is 42.2 Å². The Morgan fingerprint density at radius 3 is 2.67 bits per heavy atom. The van der Waals surface area contributed by atoms with E-state index in [4.69, 9.17) is 10.2 Å². The van der Waals surface area contributed by atoms with E-state index in [-0.39, 0.29) is 6.04 Å². The maximum absolute atomic E-state index is 5.85. The number of aryl methyl sites for hydroxylation is 2. The second kappa shape index (κ2) is 5.31. The van der Waals surface area contributed by atoms with Gasteiger partial charge in [-0.1, -0.05) is 25.1 Å². The molecule has 1 aromatic heterocycles. The molecule has 4 heteroatoms. The molecular weight excluding hydrogens is 226 g/mol. The van der Waals surface area contributed by atoms with E-state index in [1.807, 2.05) is 6.92 Å². The van der Waals surface area contributed by atoms with Crippen molar-refractivity contribution in [2.75, 3.05) is 0 Å². The number of nitrogens with zero attached hydrogens (tertiary/aromatic N) is 2. The SMILES string of the molecule is CCC(N)c1nnc(Cc2ccc(C)c(C)c2)o1. The molecule has 18 heavy (non-hydrogen) atoms. The van der Waals surface area contributed by atoms with Crippen LogP contribution in [0.15, 0.2) is 22.6 Å². The first-order valence-corrected chi connectivity index (χ1v) is 6.24. The van der Waals surface area contributed by atoms with E-state index in [0.717, 1.165) is 6.42 Å². The summed E-state index contributed by atoms with van der Waals surface area (Å²) in [6, 6.07) is 6.19. The fourth-order valence-corrected chi connectivity index (χ4v) is 1.75. The van der Waals surface area contributed by atoms with Gasteiger partial charge in [0.05, 0.1) is 12.5 Å². The standard InChI is InChI=1S/C14H19N3O/c1-4-12(15)14-17-16-13(18-14)8-11-6-5-9(2)10(3)7-11/h5-7,12H,4,8,15H2,1-3H3. The molecule has 0 aliphatic heterocycles. The summed E-state index contributed by atoms with van der Waals surface area (Å²) in [4.78, 5) is 0. The lowest BCUT2D eigenvalue weighted by atomic mass is 10.0. The van der Waals surface area contributed by atoms with Crippen molar-refractivity contribution in [1.29, 1.82) is 0 Å². The molecule has 0 saturated heterocycles. The lowest BCUT2D eigenvalue weighted by Crippen LogP contribution is -2.08. The smallest absolute Gasteiger partial charge is 0.233 e. The lowest BCUT2D eigenvalue weighted by molar-refractivity contribution is 0.418. The summed E-state index contributed by atoms with van der Waals surface area (Å²) in [7, 11) is 0. The molecule has 1 unspecified atom stereocenters. The topological polar surface area (TPSA) is 64.9 Å². The van der Waals surface area contributed by atoms with Crippen molar-refractivity contribution in [2.24, 2.45) is 5.73 Å². The van der Waals surface area contributed by atoms with Crippen LogP contribution >= 0.6 is 0 Å². The zero-order valence-electron chi connectivity index (χ0n) is 11.1. The number of aromatic nitrogens is 2. The maximum Gasteiger partial charge on any atom is 0.233 e. The Morgan fingerprint density at radius 2 is 2.00 bits per heavy atom. The van der Waals surface area contributed by atoms with E-state index in [0.29, 0.717) is 18.2 Å². The van der Waals surface area contributed by atoms with Crippen LogP contribution in [0, 0.1) is 13.8 Å². The fourth-order valence-electron chi connectivity index (χ4n) is 1.75. The molecule has 4 nitrogen and oxygen atoms in total. The fraction of sp³-hybridized carbons (Fsp3) is 0.429.